The van der Waals surface area contributed by atoms with Crippen LogP contribution in [0.3, 0.4) is 0 Å². The summed E-state index contributed by atoms with van der Waals surface area (Å²) < 4.78 is 5.75. The lowest BCUT2D eigenvalue weighted by Gasteiger charge is -2.37. The predicted octanol–water partition coefficient (Wildman–Crippen LogP) is 5.64. The van der Waals surface area contributed by atoms with E-state index in [-0.39, 0.29) is 54.0 Å². The second kappa shape index (κ2) is 16.1. The van der Waals surface area contributed by atoms with Crippen LogP contribution in [-0.2, 0) is 19.1 Å². The molecule has 0 radical (unpaired) electrons. The van der Waals surface area contributed by atoms with Crippen LogP contribution in [0, 0.1) is 23.7 Å². The number of thiazole rings is 1. The van der Waals surface area contributed by atoms with E-state index >= 15 is 0 Å². The number of likely N-dealkylation sites (N-methyl/N-ethyl adjacent to an activating group) is 1. The standard InChI is InChI=1S/C33H54N4O5S/c1-20(2)25(17-29(39)27-11-9-10-16-36(27)7)33(41)37(8)28(21(3)4)18-30(42-23(6)38)32-35-26(19-43-32)31(40)34-24-14-12-22(5)13-15-24/h19-22,24-25,27-28,30H,9-18H2,1-8H3,(H,34,40)/t22?,24?,25-,27+,28+,30+/m0/s1. The molecule has 1 aliphatic heterocycles. The maximum Gasteiger partial charge on any atom is 0.303 e. The summed E-state index contributed by atoms with van der Waals surface area (Å²) in [7, 11) is 3.78. The Bertz CT molecular complexity index is 1100. The maximum absolute atomic E-state index is 14.0. The number of carbonyl (C=O) groups is 4. The number of Topliss-reactive ketones (excluding diaryl/α,β-unsaturated/α-hetero) is 1. The fourth-order valence-corrected chi connectivity index (χ4v) is 7.41. The van der Waals surface area contributed by atoms with Gasteiger partial charge in [-0.25, -0.2) is 4.98 Å². The van der Waals surface area contributed by atoms with Crippen molar-refractivity contribution < 1.29 is 23.9 Å². The number of likely N-dealkylation sites (tertiary alicyclic amines) is 1. The van der Waals surface area contributed by atoms with Gasteiger partial charge < -0.3 is 15.0 Å². The summed E-state index contributed by atoms with van der Waals surface area (Å²) in [5.74, 6) is -0.267. The van der Waals surface area contributed by atoms with Gasteiger partial charge >= 0.3 is 5.97 Å². The van der Waals surface area contributed by atoms with Crippen molar-refractivity contribution in [1.82, 2.24) is 20.1 Å². The summed E-state index contributed by atoms with van der Waals surface area (Å²) >= 11 is 1.30. The predicted molar refractivity (Wildman–Crippen MR) is 170 cm³/mol. The maximum atomic E-state index is 14.0. The molecule has 242 valence electrons. The zero-order chi connectivity index (χ0) is 31.8. The SMILES string of the molecule is CC(=O)O[C@H](C[C@H](C(C)C)N(C)C(=O)[C@@H](CC(=O)[C@H]1CCCCN1C)C(C)C)c1nc(C(=O)NC2CCC(C)CC2)cs1. The van der Waals surface area contributed by atoms with Gasteiger partial charge in [0.25, 0.3) is 5.91 Å². The number of hydrogen-bond donors (Lipinski definition) is 1. The third-order valence-electron chi connectivity index (χ3n) is 9.44. The zero-order valence-electron chi connectivity index (χ0n) is 27.6. The molecule has 3 rings (SSSR count). The number of ether oxygens (including phenoxy) is 1. The van der Waals surface area contributed by atoms with E-state index < -0.39 is 18.0 Å². The molecular weight excluding hydrogens is 564 g/mol. The van der Waals surface area contributed by atoms with E-state index in [4.69, 9.17) is 4.74 Å². The van der Waals surface area contributed by atoms with E-state index in [1.807, 2.05) is 34.7 Å². The number of piperidine rings is 1. The quantitative estimate of drug-likeness (QED) is 0.285. The van der Waals surface area contributed by atoms with Gasteiger partial charge in [0.15, 0.2) is 11.9 Å². The van der Waals surface area contributed by atoms with E-state index in [1.54, 1.807) is 17.3 Å². The van der Waals surface area contributed by atoms with Gasteiger partial charge in [-0.2, -0.15) is 0 Å². The first kappa shape index (κ1) is 35.2. The summed E-state index contributed by atoms with van der Waals surface area (Å²) in [6.45, 7) is 12.6. The Labute approximate surface area is 262 Å². The number of hydrogen-bond acceptors (Lipinski definition) is 8. The molecule has 9 nitrogen and oxygen atoms in total. The molecule has 1 aromatic rings. The van der Waals surface area contributed by atoms with Gasteiger partial charge in [0.05, 0.1) is 6.04 Å². The summed E-state index contributed by atoms with van der Waals surface area (Å²) in [6, 6.07) is -0.237. The number of rotatable bonds is 13. The summed E-state index contributed by atoms with van der Waals surface area (Å²) in [6.07, 6.45) is 7.00. The average Bonchev–Trinajstić information content (AvgIpc) is 3.44. The molecular formula is C33H54N4O5S. The molecule has 0 unspecified atom stereocenters. The normalized spacial score (nSPS) is 23.4. The molecule has 1 aromatic heterocycles. The van der Waals surface area contributed by atoms with Crippen LogP contribution in [0.2, 0.25) is 0 Å². The molecule has 2 amide bonds. The second-order valence-electron chi connectivity index (χ2n) is 13.6. The molecule has 10 heteroatoms. The van der Waals surface area contributed by atoms with Gasteiger partial charge in [-0.15, -0.1) is 11.3 Å². The van der Waals surface area contributed by atoms with Crippen molar-refractivity contribution in [2.75, 3.05) is 20.6 Å². The number of esters is 1. The van der Waals surface area contributed by atoms with Crippen LogP contribution in [-0.4, -0.2) is 77.1 Å². The van der Waals surface area contributed by atoms with Crippen LogP contribution in [0.5, 0.6) is 0 Å². The third-order valence-corrected chi connectivity index (χ3v) is 10.4. The average molecular weight is 619 g/mol. The molecule has 1 saturated heterocycles. The van der Waals surface area contributed by atoms with Crippen molar-refractivity contribution >= 4 is 34.9 Å². The van der Waals surface area contributed by atoms with Crippen molar-refractivity contribution in [2.45, 2.75) is 124 Å². The van der Waals surface area contributed by atoms with Gasteiger partial charge in [-0.1, -0.05) is 41.0 Å². The van der Waals surface area contributed by atoms with Crippen LogP contribution in [0.25, 0.3) is 0 Å². The van der Waals surface area contributed by atoms with Gasteiger partial charge in [0, 0.05) is 50.2 Å². The summed E-state index contributed by atoms with van der Waals surface area (Å²) in [4.78, 5) is 60.9. The van der Waals surface area contributed by atoms with E-state index in [0.717, 1.165) is 51.5 Å². The number of aromatic nitrogens is 1. The second-order valence-corrected chi connectivity index (χ2v) is 14.5. The molecule has 2 fully saturated rings. The van der Waals surface area contributed by atoms with Gasteiger partial charge in [-0.05, 0) is 69.9 Å². The van der Waals surface area contributed by atoms with Crippen molar-refractivity contribution in [2.24, 2.45) is 23.7 Å². The largest absolute Gasteiger partial charge is 0.455 e. The fourth-order valence-electron chi connectivity index (χ4n) is 6.57. The lowest BCUT2D eigenvalue weighted by atomic mass is 9.84. The number of amides is 2. The van der Waals surface area contributed by atoms with Gasteiger partial charge in [-0.3, -0.25) is 24.1 Å². The van der Waals surface area contributed by atoms with E-state index in [0.29, 0.717) is 23.0 Å². The minimum atomic E-state index is -0.697. The van der Waals surface area contributed by atoms with E-state index in [9.17, 15) is 19.2 Å². The summed E-state index contributed by atoms with van der Waals surface area (Å²) in [5.41, 5.74) is 0.326. The van der Waals surface area contributed by atoms with E-state index in [2.05, 4.69) is 22.1 Å². The van der Waals surface area contributed by atoms with Crippen molar-refractivity contribution in [3.63, 3.8) is 0 Å². The monoisotopic (exact) mass is 618 g/mol. The number of nitrogens with zero attached hydrogens (tertiary/aromatic N) is 3. The molecule has 1 N–H and O–H groups in total. The molecule has 0 spiro atoms. The highest BCUT2D eigenvalue weighted by atomic mass is 32.1. The van der Waals surface area contributed by atoms with Crippen LogP contribution in [0.4, 0.5) is 0 Å². The fraction of sp³-hybridized carbons (Fsp3) is 0.788. The zero-order valence-corrected chi connectivity index (χ0v) is 28.4. The highest BCUT2D eigenvalue weighted by Gasteiger charge is 2.37. The number of ketones is 1. The van der Waals surface area contributed by atoms with E-state index in [1.165, 1.54) is 18.3 Å². The lowest BCUT2D eigenvalue weighted by Crippen LogP contribution is -2.48. The van der Waals surface area contributed by atoms with Crippen molar-refractivity contribution in [3.8, 4) is 0 Å². The first-order valence-corrected chi connectivity index (χ1v) is 17.1. The Morgan fingerprint density at radius 1 is 1.07 bits per heavy atom. The minimum Gasteiger partial charge on any atom is -0.455 e. The number of carbonyl (C=O) groups excluding carboxylic acids is 4. The Balaban J connectivity index is 1.74. The highest BCUT2D eigenvalue weighted by Crippen LogP contribution is 2.32. The van der Waals surface area contributed by atoms with Crippen LogP contribution >= 0.6 is 11.3 Å². The molecule has 2 heterocycles. The van der Waals surface area contributed by atoms with Gasteiger partial charge in [0.2, 0.25) is 5.91 Å². The minimum absolute atomic E-state index is 0.00251. The molecule has 1 saturated carbocycles. The first-order chi connectivity index (χ1) is 20.3. The Kier molecular flexibility index (Phi) is 13.2. The third kappa shape index (κ3) is 9.83. The van der Waals surface area contributed by atoms with Crippen LogP contribution in [0.15, 0.2) is 5.38 Å². The number of nitrogens with one attached hydrogen (secondary N) is 1. The molecule has 1 aliphatic carbocycles. The summed E-state index contributed by atoms with van der Waals surface area (Å²) in [5, 5.41) is 5.38. The van der Waals surface area contributed by atoms with Crippen LogP contribution in [0.1, 0.15) is 121 Å². The highest BCUT2D eigenvalue weighted by molar-refractivity contribution is 7.09. The Hall–Kier alpha value is -2.33. The molecule has 4 atom stereocenters. The molecule has 0 bridgehead atoms. The Morgan fingerprint density at radius 3 is 2.33 bits per heavy atom. The van der Waals surface area contributed by atoms with Gasteiger partial charge in [0.1, 0.15) is 10.7 Å². The Morgan fingerprint density at radius 2 is 1.74 bits per heavy atom. The topological polar surface area (TPSA) is 109 Å². The molecule has 0 aromatic carbocycles. The first-order valence-electron chi connectivity index (χ1n) is 16.2. The molecule has 2 aliphatic rings. The molecule has 43 heavy (non-hydrogen) atoms. The smallest absolute Gasteiger partial charge is 0.303 e. The lowest BCUT2D eigenvalue weighted by molar-refractivity contribution is -0.149. The van der Waals surface area contributed by atoms with Crippen molar-refractivity contribution in [3.05, 3.63) is 16.1 Å². The van der Waals surface area contributed by atoms with Crippen LogP contribution < -0.4 is 5.32 Å². The van der Waals surface area contributed by atoms with Crippen molar-refractivity contribution in [1.29, 1.82) is 0 Å².